The minimum absolute atomic E-state index is 0.0649. The van der Waals surface area contributed by atoms with Crippen LogP contribution in [0, 0.1) is 0 Å². The summed E-state index contributed by atoms with van der Waals surface area (Å²) in [7, 11) is -5.74. The van der Waals surface area contributed by atoms with Crippen LogP contribution in [0.25, 0.3) is 0 Å². The standard InChI is InChI=1S/C30H38F4O2Si2.6CH3.2Sn/c1-7-37(8-2,9-3)35-29(23-19-15-13-16-20-23)25(31)27(33)30(28(34)26(29)32,24-21-17-14-18-22-24)36-38(10-4,11-5)12-6;;;;;;;;/h15-22H,7-12H2,1-6H3;6*1H3;;. The van der Waals surface area contributed by atoms with Crippen molar-refractivity contribution in [1.82, 2.24) is 0 Å². The van der Waals surface area contributed by atoms with E-state index in [1.807, 2.05) is 65.8 Å². The van der Waals surface area contributed by atoms with E-state index in [0.29, 0.717) is 36.3 Å². The van der Waals surface area contributed by atoms with Crippen LogP contribution in [0.3, 0.4) is 0 Å². The molecule has 2 aromatic carbocycles. The molecule has 0 atom stereocenters. The first kappa shape index (κ1) is 40.0. The van der Waals surface area contributed by atoms with Crippen LogP contribution < -0.4 is 7.16 Å². The monoisotopic (exact) mass is 892 g/mol. The summed E-state index contributed by atoms with van der Waals surface area (Å²) in [5.41, 5.74) is -5.21. The number of hydrogen-bond donors (Lipinski definition) is 0. The third kappa shape index (κ3) is 7.09. The minimum atomic E-state index is -2.87. The first-order chi connectivity index (χ1) is 21.3. The van der Waals surface area contributed by atoms with E-state index in [1.54, 1.807) is 24.3 Å². The third-order valence-electron chi connectivity index (χ3n) is 10.5. The van der Waals surface area contributed by atoms with Crippen molar-refractivity contribution >= 4 is 60.5 Å². The quantitative estimate of drug-likeness (QED) is 0.139. The average molecular weight is 890 g/mol. The molecule has 1 aliphatic rings. The van der Waals surface area contributed by atoms with E-state index < -0.39 is 87.9 Å². The van der Waals surface area contributed by atoms with Gasteiger partial charge in [-0.3, -0.25) is 0 Å². The molecule has 0 aromatic heterocycles. The Morgan fingerprint density at radius 2 is 0.674 bits per heavy atom. The van der Waals surface area contributed by atoms with Gasteiger partial charge in [0, 0.05) is 0 Å². The van der Waals surface area contributed by atoms with Crippen molar-refractivity contribution in [2.24, 2.45) is 0 Å². The fourth-order valence-corrected chi connectivity index (χ4v) is 19.0. The van der Waals surface area contributed by atoms with Gasteiger partial charge in [-0.1, -0.05) is 0 Å². The topological polar surface area (TPSA) is 18.5 Å². The normalized spacial score (nSPS) is 21.7. The van der Waals surface area contributed by atoms with Crippen molar-refractivity contribution in [3.05, 3.63) is 83.0 Å². The molecular formula is C36H56F4O2Si2Sn2. The zero-order chi connectivity index (χ0) is 34.9. The van der Waals surface area contributed by atoms with Gasteiger partial charge < -0.3 is 0 Å². The van der Waals surface area contributed by atoms with Gasteiger partial charge in [0.05, 0.1) is 0 Å². The Labute approximate surface area is 286 Å². The maximum atomic E-state index is 17.5. The van der Waals surface area contributed by atoms with Gasteiger partial charge in [-0.15, -0.1) is 0 Å². The summed E-state index contributed by atoms with van der Waals surface area (Å²) < 4.78 is 85.7. The van der Waals surface area contributed by atoms with E-state index in [2.05, 4.69) is 29.6 Å². The molecule has 2 aromatic rings. The van der Waals surface area contributed by atoms with Crippen LogP contribution in [0.5, 0.6) is 0 Å². The SMILES string of the molecule is CC[Si](CC)(CC)OC1(c2cc[c]([Sn]([CH3])([CH3])[CH3])cc2)C(F)=C(F)C(O[Si](CC)(CC)CC)(c2cc[c]([Sn]([CH3])([CH3])[CH3])cc2)C(F)=C1F. The van der Waals surface area contributed by atoms with E-state index >= 15 is 17.6 Å². The molecule has 256 valence electrons. The van der Waals surface area contributed by atoms with E-state index in [4.69, 9.17) is 8.85 Å². The summed E-state index contributed by atoms with van der Waals surface area (Å²) in [6.45, 7) is 11.6. The van der Waals surface area contributed by atoms with Crippen molar-refractivity contribution in [2.45, 2.75) is 119 Å². The molecule has 46 heavy (non-hydrogen) atoms. The molecule has 0 N–H and O–H groups in total. The van der Waals surface area contributed by atoms with Crippen molar-refractivity contribution in [3.8, 4) is 0 Å². The van der Waals surface area contributed by atoms with Crippen LogP contribution in [0.4, 0.5) is 17.6 Å². The number of halogens is 4. The second-order valence-electron chi connectivity index (χ2n) is 15.0. The van der Waals surface area contributed by atoms with Crippen LogP contribution in [-0.2, 0) is 20.1 Å². The van der Waals surface area contributed by atoms with Gasteiger partial charge in [0.25, 0.3) is 0 Å². The third-order valence-corrected chi connectivity index (χ3v) is 31.5. The Bertz CT molecular complexity index is 1270. The van der Waals surface area contributed by atoms with E-state index in [0.717, 1.165) is 7.16 Å². The van der Waals surface area contributed by atoms with Gasteiger partial charge in [-0.25, -0.2) is 0 Å². The second kappa shape index (κ2) is 14.8. The first-order valence-corrected chi connectivity index (χ1v) is 42.1. The van der Waals surface area contributed by atoms with E-state index in [9.17, 15) is 0 Å². The fourth-order valence-electron chi connectivity index (χ4n) is 6.61. The maximum absolute atomic E-state index is 17.5. The molecule has 0 heterocycles. The Hall–Kier alpha value is -0.409. The average Bonchev–Trinajstić information content (AvgIpc) is 3.04. The van der Waals surface area contributed by atoms with Gasteiger partial charge in [0.15, 0.2) is 0 Å². The van der Waals surface area contributed by atoms with Crippen LogP contribution in [0.2, 0.25) is 65.9 Å². The number of rotatable bonds is 14. The van der Waals surface area contributed by atoms with Gasteiger partial charge in [-0.2, -0.15) is 0 Å². The molecule has 0 saturated carbocycles. The molecular weight excluding hydrogens is 834 g/mol. The Morgan fingerprint density at radius 3 is 0.848 bits per heavy atom. The molecule has 0 aliphatic heterocycles. The van der Waals surface area contributed by atoms with Crippen LogP contribution in [0.15, 0.2) is 71.8 Å². The summed E-state index contributed by atoms with van der Waals surface area (Å²) in [5.74, 6) is -5.79. The molecule has 0 unspecified atom stereocenters. The molecule has 0 bridgehead atoms. The summed E-state index contributed by atoms with van der Waals surface area (Å²) >= 11 is -5.15. The fraction of sp³-hybridized carbons (Fsp3) is 0.556. The molecule has 2 nitrogen and oxygen atoms in total. The van der Waals surface area contributed by atoms with Crippen LogP contribution >= 0.6 is 0 Å². The summed E-state index contributed by atoms with van der Waals surface area (Å²) in [5, 5.41) is 0. The molecule has 0 saturated heterocycles. The predicted octanol–water partition coefficient (Wildman–Crippen LogP) is 11.2. The van der Waals surface area contributed by atoms with Crippen molar-refractivity contribution in [2.75, 3.05) is 0 Å². The van der Waals surface area contributed by atoms with E-state index in [1.165, 1.54) is 0 Å². The van der Waals surface area contributed by atoms with Gasteiger partial charge in [-0.05, 0) is 0 Å². The first-order valence-electron chi connectivity index (χ1n) is 17.1. The number of benzene rings is 2. The zero-order valence-corrected chi connectivity index (χ0v) is 37.9. The number of hydrogen-bond acceptors (Lipinski definition) is 2. The Balaban J connectivity index is 2.51. The summed E-state index contributed by atoms with van der Waals surface area (Å²) in [6, 6.07) is 17.1. The zero-order valence-electron chi connectivity index (χ0n) is 30.2. The van der Waals surface area contributed by atoms with Crippen molar-refractivity contribution < 1.29 is 26.4 Å². The van der Waals surface area contributed by atoms with Crippen LogP contribution in [-0.4, -0.2) is 53.4 Å². The second-order valence-corrected chi connectivity index (χ2v) is 53.3. The predicted molar refractivity (Wildman–Crippen MR) is 197 cm³/mol. The summed E-state index contributed by atoms with van der Waals surface area (Å²) in [4.78, 5) is 13.5. The molecule has 0 fully saturated rings. The molecule has 10 heteroatoms. The van der Waals surface area contributed by atoms with Crippen molar-refractivity contribution in [3.63, 3.8) is 0 Å². The molecule has 0 amide bonds. The van der Waals surface area contributed by atoms with Gasteiger partial charge in [0.2, 0.25) is 0 Å². The molecule has 1 aliphatic carbocycles. The molecule has 0 radical (unpaired) electrons. The van der Waals surface area contributed by atoms with Crippen molar-refractivity contribution in [1.29, 1.82) is 0 Å². The van der Waals surface area contributed by atoms with E-state index in [-0.39, 0.29) is 11.1 Å². The van der Waals surface area contributed by atoms with Gasteiger partial charge >= 0.3 is 289 Å². The van der Waals surface area contributed by atoms with Crippen LogP contribution in [0.1, 0.15) is 52.7 Å². The Morgan fingerprint density at radius 1 is 0.457 bits per heavy atom. The molecule has 0 spiro atoms. The Kier molecular flexibility index (Phi) is 12.9. The summed E-state index contributed by atoms with van der Waals surface area (Å²) in [6.07, 6.45) is 0. The molecule has 3 rings (SSSR count). The van der Waals surface area contributed by atoms with Gasteiger partial charge in [0.1, 0.15) is 0 Å².